The molecule has 7 nitrogen and oxygen atoms in total. The van der Waals surface area contributed by atoms with Crippen LogP contribution in [0.25, 0.3) is 0 Å². The predicted octanol–water partition coefficient (Wildman–Crippen LogP) is 2.73. The largest absolute Gasteiger partial charge is 0.481 e. The monoisotopic (exact) mass is 340 g/mol. The number of furan rings is 1. The van der Waals surface area contributed by atoms with Crippen molar-refractivity contribution in [2.45, 2.75) is 6.42 Å². The molecule has 0 aliphatic rings. The zero-order valence-corrected chi connectivity index (χ0v) is 13.4. The Morgan fingerprint density at radius 2 is 2.12 bits per heavy atom. The molecule has 2 aromatic rings. The van der Waals surface area contributed by atoms with Gasteiger partial charge in [-0.2, -0.15) is 0 Å². The number of benzene rings is 1. The van der Waals surface area contributed by atoms with Gasteiger partial charge in [0.25, 0.3) is 5.91 Å². The van der Waals surface area contributed by atoms with Gasteiger partial charge in [-0.05, 0) is 24.1 Å². The van der Waals surface area contributed by atoms with Gasteiger partial charge in [-0.15, -0.1) is 6.58 Å². The van der Waals surface area contributed by atoms with Gasteiger partial charge in [0.2, 0.25) is 0 Å². The Hall–Kier alpha value is -3.53. The number of nitrogens with one attached hydrogen (secondary N) is 1. The minimum atomic E-state index is -0.710. The van der Waals surface area contributed by atoms with Crippen molar-refractivity contribution in [2.24, 2.45) is 0 Å². The summed E-state index contributed by atoms with van der Waals surface area (Å²) >= 11 is 0. The highest BCUT2D eigenvalue weighted by Gasteiger charge is 2.16. The fourth-order valence-corrected chi connectivity index (χ4v) is 1.96. The van der Waals surface area contributed by atoms with E-state index in [4.69, 9.17) is 9.15 Å². The van der Waals surface area contributed by atoms with E-state index in [1.165, 1.54) is 6.07 Å². The lowest BCUT2D eigenvalue weighted by Gasteiger charge is -2.07. The fraction of sp³-hybridized carbons (Fsp3) is 0.167. The summed E-state index contributed by atoms with van der Waals surface area (Å²) in [5, 5.41) is 13.0. The summed E-state index contributed by atoms with van der Waals surface area (Å²) in [6.07, 6.45) is 2.50. The van der Waals surface area contributed by atoms with Gasteiger partial charge in [0.15, 0.2) is 5.76 Å². The third kappa shape index (κ3) is 5.25. The normalized spacial score (nSPS) is 9.60. The maximum absolute atomic E-state index is 11.7. The van der Waals surface area contributed by atoms with Crippen LogP contribution in [0.4, 0.5) is 5.88 Å². The summed E-state index contributed by atoms with van der Waals surface area (Å²) in [4.78, 5) is 21.5. The van der Waals surface area contributed by atoms with Crippen LogP contribution in [0.1, 0.15) is 16.1 Å². The van der Waals surface area contributed by atoms with Crippen molar-refractivity contribution >= 4 is 11.8 Å². The molecule has 0 aliphatic carbocycles. The van der Waals surface area contributed by atoms with Gasteiger partial charge in [-0.1, -0.05) is 36.1 Å². The zero-order valence-electron chi connectivity index (χ0n) is 13.4. The molecule has 0 fully saturated rings. The second-order valence-corrected chi connectivity index (χ2v) is 4.82. The van der Waals surface area contributed by atoms with Crippen molar-refractivity contribution in [1.29, 1.82) is 0 Å². The molecule has 7 heteroatoms. The number of hydrogen-bond acceptors (Lipinski definition) is 5. The molecular formula is C18H16N2O5. The number of nitro groups is 1. The number of carbonyl (C=O) groups is 1. The van der Waals surface area contributed by atoms with Gasteiger partial charge in [0, 0.05) is 0 Å². The summed E-state index contributed by atoms with van der Waals surface area (Å²) in [6, 6.07) is 9.96. The van der Waals surface area contributed by atoms with Crippen molar-refractivity contribution in [2.75, 3.05) is 13.2 Å². The Balaban J connectivity index is 1.78. The number of para-hydroxylation sites is 1. The molecule has 128 valence electrons. The first kappa shape index (κ1) is 17.8. The molecule has 0 aliphatic heterocycles. The van der Waals surface area contributed by atoms with E-state index < -0.39 is 16.7 Å². The van der Waals surface area contributed by atoms with E-state index in [-0.39, 0.29) is 18.9 Å². The lowest BCUT2D eigenvalue weighted by Crippen LogP contribution is -2.23. The fourth-order valence-electron chi connectivity index (χ4n) is 1.96. The van der Waals surface area contributed by atoms with Crippen molar-refractivity contribution in [3.8, 4) is 17.6 Å². The molecule has 0 saturated heterocycles. The standard InChI is InChI=1S/C18H16N2O5/c1-2-7-14-8-3-4-9-15(14)24-13-6-5-12-19-18(21)16-10-11-17(25-16)20(22)23/h2-4,8-11H,1,7,12-13H2,(H,19,21). The Kier molecular flexibility index (Phi) is 6.37. The number of allylic oxidation sites excluding steroid dienone is 1. The number of ether oxygens (including phenoxy) is 1. The van der Waals surface area contributed by atoms with Gasteiger partial charge in [0.1, 0.15) is 17.3 Å². The number of rotatable bonds is 7. The van der Waals surface area contributed by atoms with Crippen molar-refractivity contribution in [3.63, 3.8) is 0 Å². The van der Waals surface area contributed by atoms with E-state index >= 15 is 0 Å². The molecule has 0 atom stereocenters. The number of hydrogen-bond donors (Lipinski definition) is 1. The second-order valence-electron chi connectivity index (χ2n) is 4.82. The van der Waals surface area contributed by atoms with Crippen LogP contribution in [-0.4, -0.2) is 24.0 Å². The predicted molar refractivity (Wildman–Crippen MR) is 91.3 cm³/mol. The summed E-state index contributed by atoms with van der Waals surface area (Å²) in [5.74, 6) is 5.07. The van der Waals surface area contributed by atoms with Crippen LogP contribution in [0.3, 0.4) is 0 Å². The van der Waals surface area contributed by atoms with E-state index in [1.54, 1.807) is 6.08 Å². The maximum Gasteiger partial charge on any atom is 0.433 e. The van der Waals surface area contributed by atoms with Crippen molar-refractivity contribution < 1.29 is 18.9 Å². The van der Waals surface area contributed by atoms with Crippen LogP contribution >= 0.6 is 0 Å². The average Bonchev–Trinajstić information content (AvgIpc) is 3.10. The molecule has 0 radical (unpaired) electrons. The molecule has 1 N–H and O–H groups in total. The third-order valence-corrected chi connectivity index (χ3v) is 3.09. The summed E-state index contributed by atoms with van der Waals surface area (Å²) in [6.45, 7) is 3.95. The molecule has 0 saturated carbocycles. The first-order valence-corrected chi connectivity index (χ1v) is 7.41. The van der Waals surface area contributed by atoms with Crippen LogP contribution in [0.2, 0.25) is 0 Å². The van der Waals surface area contributed by atoms with Crippen molar-refractivity contribution in [3.05, 3.63) is 70.5 Å². The molecule has 1 aromatic carbocycles. The molecule has 1 amide bonds. The minimum Gasteiger partial charge on any atom is -0.481 e. The Bertz CT molecular complexity index is 829. The maximum atomic E-state index is 11.7. The average molecular weight is 340 g/mol. The Morgan fingerprint density at radius 1 is 1.32 bits per heavy atom. The van der Waals surface area contributed by atoms with Crippen LogP contribution in [0, 0.1) is 22.0 Å². The summed E-state index contributed by atoms with van der Waals surface area (Å²) < 4.78 is 10.4. The summed E-state index contributed by atoms with van der Waals surface area (Å²) in [7, 11) is 0. The highest BCUT2D eigenvalue weighted by Crippen LogP contribution is 2.18. The molecule has 0 unspecified atom stereocenters. The highest BCUT2D eigenvalue weighted by molar-refractivity contribution is 5.91. The summed E-state index contributed by atoms with van der Waals surface area (Å²) in [5.41, 5.74) is 1.02. The first-order valence-electron chi connectivity index (χ1n) is 7.41. The third-order valence-electron chi connectivity index (χ3n) is 3.09. The van der Waals surface area contributed by atoms with E-state index in [1.807, 2.05) is 24.3 Å². The quantitative estimate of drug-likeness (QED) is 0.362. The Labute approximate surface area is 144 Å². The van der Waals surface area contributed by atoms with Crippen LogP contribution < -0.4 is 10.1 Å². The van der Waals surface area contributed by atoms with Gasteiger partial charge in [-0.25, -0.2) is 0 Å². The second kappa shape index (κ2) is 8.93. The molecular weight excluding hydrogens is 324 g/mol. The van der Waals surface area contributed by atoms with Crippen LogP contribution in [0.5, 0.6) is 5.75 Å². The zero-order chi connectivity index (χ0) is 18.1. The molecule has 1 heterocycles. The van der Waals surface area contributed by atoms with Gasteiger partial charge in [0.05, 0.1) is 12.6 Å². The minimum absolute atomic E-state index is 0.0744. The van der Waals surface area contributed by atoms with Gasteiger partial charge in [-0.3, -0.25) is 14.9 Å². The number of carbonyl (C=O) groups excluding carboxylic acids is 1. The van der Waals surface area contributed by atoms with Gasteiger partial charge < -0.3 is 14.5 Å². The highest BCUT2D eigenvalue weighted by atomic mass is 16.6. The van der Waals surface area contributed by atoms with E-state index in [9.17, 15) is 14.9 Å². The van der Waals surface area contributed by atoms with E-state index in [2.05, 4.69) is 23.7 Å². The SMILES string of the molecule is C=CCc1ccccc1OCC#CCNC(=O)c1ccc([N+](=O)[O-])o1. The van der Waals surface area contributed by atoms with Crippen molar-refractivity contribution in [1.82, 2.24) is 5.32 Å². The molecule has 0 spiro atoms. The topological polar surface area (TPSA) is 94.6 Å². The van der Waals surface area contributed by atoms with Crippen LogP contribution in [0.15, 0.2) is 53.5 Å². The smallest absolute Gasteiger partial charge is 0.433 e. The first-order chi connectivity index (χ1) is 12.1. The molecule has 25 heavy (non-hydrogen) atoms. The number of amides is 1. The Morgan fingerprint density at radius 3 is 2.84 bits per heavy atom. The lowest BCUT2D eigenvalue weighted by atomic mass is 10.1. The molecule has 0 bridgehead atoms. The molecule has 2 rings (SSSR count). The van der Waals surface area contributed by atoms with E-state index in [0.29, 0.717) is 6.42 Å². The number of nitrogens with zero attached hydrogens (tertiary/aromatic N) is 1. The van der Waals surface area contributed by atoms with E-state index in [0.717, 1.165) is 17.4 Å². The lowest BCUT2D eigenvalue weighted by molar-refractivity contribution is -0.402. The van der Waals surface area contributed by atoms with Crippen LogP contribution in [-0.2, 0) is 6.42 Å². The molecule has 1 aromatic heterocycles. The van der Waals surface area contributed by atoms with Gasteiger partial charge >= 0.3 is 5.88 Å².